The highest BCUT2D eigenvalue weighted by Crippen LogP contribution is 2.48. The number of carbonyl (C=O) groups excluding carboxylic acids is 1. The van der Waals surface area contributed by atoms with Crippen LogP contribution in [0.1, 0.15) is 0 Å². The maximum atomic E-state index is 13.2. The summed E-state index contributed by atoms with van der Waals surface area (Å²) in [4.78, 5) is 10.5. The molecule has 0 aromatic rings. The molecule has 1 aliphatic heterocycles. The molecule has 0 saturated carbocycles. The summed E-state index contributed by atoms with van der Waals surface area (Å²) < 4.78 is 97.8. The molecule has 11 heteroatoms. The molecule has 4 nitrogen and oxygen atoms in total. The van der Waals surface area contributed by atoms with E-state index in [-0.39, 0.29) is 6.08 Å². The molecular weight excluding hydrogens is 293 g/mol. The fourth-order valence-electron chi connectivity index (χ4n) is 1.12. The Bertz CT molecular complexity index is 387. The van der Waals surface area contributed by atoms with E-state index in [0.717, 1.165) is 0 Å². The number of alkyl halides is 5. The topological polar surface area (TPSA) is 44.8 Å². The first-order valence-electron chi connectivity index (χ1n) is 4.47. The van der Waals surface area contributed by atoms with Crippen LogP contribution in [0.5, 0.6) is 0 Å². The van der Waals surface area contributed by atoms with Gasteiger partial charge in [-0.05, 0) is 0 Å². The molecule has 0 bridgehead atoms. The molecule has 1 atom stereocenters. The molecule has 19 heavy (non-hydrogen) atoms. The van der Waals surface area contributed by atoms with Crippen molar-refractivity contribution in [3.8, 4) is 0 Å². The van der Waals surface area contributed by atoms with Gasteiger partial charge in [0.25, 0.3) is 6.08 Å². The molecule has 1 saturated heterocycles. The lowest BCUT2D eigenvalue weighted by atomic mass is 10.1. The molecule has 1 fully saturated rings. The summed E-state index contributed by atoms with van der Waals surface area (Å²) in [5.74, 6) is -9.46. The van der Waals surface area contributed by atoms with Crippen molar-refractivity contribution in [3.05, 3.63) is 12.2 Å². The largest absolute Gasteiger partial charge is 0.511 e. The van der Waals surface area contributed by atoms with Crippen LogP contribution in [0.2, 0.25) is 0 Å². The van der Waals surface area contributed by atoms with Crippen LogP contribution in [0.3, 0.4) is 0 Å². The monoisotopic (exact) mass is 298 g/mol. The van der Waals surface area contributed by atoms with Crippen molar-refractivity contribution in [2.45, 2.75) is 17.9 Å². The van der Waals surface area contributed by atoms with Crippen LogP contribution in [0.15, 0.2) is 12.2 Å². The predicted molar refractivity (Wildman–Crippen MR) is 42.4 cm³/mol. The number of rotatable bonds is 4. The molecule has 110 valence electrons. The van der Waals surface area contributed by atoms with E-state index in [0.29, 0.717) is 0 Å². The van der Waals surface area contributed by atoms with Crippen molar-refractivity contribution in [2.75, 3.05) is 13.2 Å². The fraction of sp³-hybridized carbons (Fsp3) is 0.625. The summed E-state index contributed by atoms with van der Waals surface area (Å²) in [5.41, 5.74) is 0. The van der Waals surface area contributed by atoms with Crippen LogP contribution >= 0.6 is 0 Å². The van der Waals surface area contributed by atoms with Gasteiger partial charge in [-0.3, -0.25) is 0 Å². The second-order valence-electron chi connectivity index (χ2n) is 3.27. The van der Waals surface area contributed by atoms with Crippen molar-refractivity contribution in [3.63, 3.8) is 0 Å². The number of carbonyl (C=O) groups is 1. The first-order chi connectivity index (χ1) is 8.52. The van der Waals surface area contributed by atoms with E-state index < -0.39 is 43.3 Å². The van der Waals surface area contributed by atoms with Gasteiger partial charge in [0.15, 0.2) is 6.61 Å². The average molecular weight is 298 g/mol. The summed E-state index contributed by atoms with van der Waals surface area (Å²) in [6.07, 6.45) is -10.4. The molecule has 0 aliphatic carbocycles. The smallest absolute Gasteiger partial charge is 0.427 e. The maximum Gasteiger partial charge on any atom is 0.511 e. The maximum absolute atomic E-state index is 13.2. The Balaban J connectivity index is 3.01. The highest BCUT2D eigenvalue weighted by molar-refractivity contribution is 5.62. The first kappa shape index (κ1) is 15.5. The van der Waals surface area contributed by atoms with Gasteiger partial charge in [-0.1, -0.05) is 0 Å². The summed E-state index contributed by atoms with van der Waals surface area (Å²) in [6.45, 7) is -2.91. The zero-order valence-electron chi connectivity index (χ0n) is 8.77. The van der Waals surface area contributed by atoms with E-state index in [1.165, 1.54) is 0 Å². The molecule has 0 amide bonds. The molecule has 1 rings (SSSR count). The lowest BCUT2D eigenvalue weighted by Crippen LogP contribution is -2.60. The number of hydrogen-bond donors (Lipinski definition) is 0. The van der Waals surface area contributed by atoms with Gasteiger partial charge in [-0.25, -0.2) is 4.79 Å². The van der Waals surface area contributed by atoms with Crippen LogP contribution in [-0.2, 0) is 14.2 Å². The lowest BCUT2D eigenvalue weighted by Gasteiger charge is -2.33. The Morgan fingerprint density at radius 1 is 1.32 bits per heavy atom. The summed E-state index contributed by atoms with van der Waals surface area (Å²) in [6, 6.07) is 0. The third kappa shape index (κ3) is 2.91. The van der Waals surface area contributed by atoms with Crippen molar-refractivity contribution < 1.29 is 49.7 Å². The number of cyclic esters (lactones) is 2. The van der Waals surface area contributed by atoms with E-state index in [1.54, 1.807) is 0 Å². The molecule has 0 aromatic heterocycles. The number of halogens is 7. The first-order valence-corrected chi connectivity index (χ1v) is 4.47. The SMILES string of the molecule is O=C1OCC(OCC=C(F)F)(C(F)(F)C(F)(F)F)O1. The van der Waals surface area contributed by atoms with Crippen molar-refractivity contribution >= 4 is 6.16 Å². The van der Waals surface area contributed by atoms with E-state index in [2.05, 4.69) is 14.2 Å². The Labute approximate surface area is 100 Å². The van der Waals surface area contributed by atoms with Crippen molar-refractivity contribution in [2.24, 2.45) is 0 Å². The Morgan fingerprint density at radius 3 is 2.26 bits per heavy atom. The number of hydrogen-bond acceptors (Lipinski definition) is 4. The average Bonchev–Trinajstić information content (AvgIpc) is 2.59. The quantitative estimate of drug-likeness (QED) is 0.591. The van der Waals surface area contributed by atoms with Crippen LogP contribution in [0, 0.1) is 0 Å². The van der Waals surface area contributed by atoms with Gasteiger partial charge in [0, 0.05) is 6.08 Å². The van der Waals surface area contributed by atoms with Crippen LogP contribution in [0.4, 0.5) is 35.5 Å². The highest BCUT2D eigenvalue weighted by atomic mass is 19.4. The molecular formula is C8H5F7O4. The Hall–Kier alpha value is -1.52. The van der Waals surface area contributed by atoms with E-state index in [9.17, 15) is 35.5 Å². The fourth-order valence-corrected chi connectivity index (χ4v) is 1.12. The van der Waals surface area contributed by atoms with Crippen molar-refractivity contribution in [1.29, 1.82) is 0 Å². The normalized spacial score (nSPS) is 23.8. The molecule has 0 N–H and O–H groups in total. The lowest BCUT2D eigenvalue weighted by molar-refractivity contribution is -0.392. The minimum atomic E-state index is -6.13. The zero-order chi connectivity index (χ0) is 14.9. The van der Waals surface area contributed by atoms with Crippen molar-refractivity contribution in [1.82, 2.24) is 0 Å². The number of ether oxygens (including phenoxy) is 3. The Kier molecular flexibility index (Phi) is 3.98. The van der Waals surface area contributed by atoms with Crippen LogP contribution < -0.4 is 0 Å². The second kappa shape index (κ2) is 4.87. The zero-order valence-corrected chi connectivity index (χ0v) is 8.77. The molecule has 1 heterocycles. The second-order valence-corrected chi connectivity index (χ2v) is 3.27. The van der Waals surface area contributed by atoms with Crippen LogP contribution in [0.25, 0.3) is 0 Å². The molecule has 1 aliphatic rings. The van der Waals surface area contributed by atoms with Gasteiger partial charge < -0.3 is 14.2 Å². The predicted octanol–water partition coefficient (Wildman–Crippen LogP) is 2.84. The standard InChI is InChI=1S/C8H5F7O4/c9-4(10)1-2-18-6(3-17-5(16)19-6)7(11,12)8(13,14)15/h1H,2-3H2. The third-order valence-electron chi connectivity index (χ3n) is 2.02. The molecule has 0 radical (unpaired) electrons. The summed E-state index contributed by atoms with van der Waals surface area (Å²) in [5, 5.41) is 0. The molecule has 0 spiro atoms. The summed E-state index contributed by atoms with van der Waals surface area (Å²) in [7, 11) is 0. The van der Waals surface area contributed by atoms with Gasteiger partial charge in [0.2, 0.25) is 0 Å². The third-order valence-corrected chi connectivity index (χ3v) is 2.02. The molecule has 1 unspecified atom stereocenters. The summed E-state index contributed by atoms with van der Waals surface area (Å²) >= 11 is 0. The van der Waals surface area contributed by atoms with Gasteiger partial charge >= 0.3 is 24.0 Å². The minimum Gasteiger partial charge on any atom is -0.427 e. The van der Waals surface area contributed by atoms with E-state index >= 15 is 0 Å². The van der Waals surface area contributed by atoms with Crippen LogP contribution in [-0.4, -0.2) is 37.3 Å². The van der Waals surface area contributed by atoms with Gasteiger partial charge in [-0.15, -0.1) is 0 Å². The van der Waals surface area contributed by atoms with E-state index in [1.807, 2.05) is 0 Å². The minimum absolute atomic E-state index is 0.0691. The molecule has 0 aromatic carbocycles. The van der Waals surface area contributed by atoms with Gasteiger partial charge in [0.1, 0.15) is 0 Å². The van der Waals surface area contributed by atoms with Gasteiger partial charge in [0.05, 0.1) is 6.61 Å². The van der Waals surface area contributed by atoms with E-state index in [4.69, 9.17) is 0 Å². The highest BCUT2D eigenvalue weighted by Gasteiger charge is 2.76. The van der Waals surface area contributed by atoms with Gasteiger partial charge in [-0.2, -0.15) is 30.7 Å². The Morgan fingerprint density at radius 2 is 1.89 bits per heavy atom.